The first-order chi connectivity index (χ1) is 13.4. The second kappa shape index (κ2) is 9.43. The zero-order valence-corrected chi connectivity index (χ0v) is 16.7. The van der Waals surface area contributed by atoms with Crippen molar-refractivity contribution in [2.45, 2.75) is 39.4 Å². The van der Waals surface area contributed by atoms with Gasteiger partial charge in [0.2, 0.25) is 0 Å². The predicted octanol–water partition coefficient (Wildman–Crippen LogP) is 3.63. The fourth-order valence-corrected chi connectivity index (χ4v) is 3.79. The molecule has 2 rings (SSSR count). The molecule has 0 aliphatic carbocycles. The molecule has 1 aromatic carbocycles. The Hall–Kier alpha value is -2.36. The molecule has 29 heavy (non-hydrogen) atoms. The van der Waals surface area contributed by atoms with Gasteiger partial charge >= 0.3 is 6.18 Å². The summed E-state index contributed by atoms with van der Waals surface area (Å²) in [6.07, 6.45) is -3.41. The van der Waals surface area contributed by atoms with Crippen molar-refractivity contribution in [2.24, 2.45) is 11.8 Å². The molecule has 0 radical (unpaired) electrons. The monoisotopic (exact) mass is 417 g/mol. The molecule has 162 valence electrons. The van der Waals surface area contributed by atoms with Crippen molar-refractivity contribution in [2.75, 3.05) is 26.2 Å². The van der Waals surface area contributed by atoms with Crippen molar-refractivity contribution in [3.63, 3.8) is 0 Å². The third-order valence-corrected chi connectivity index (χ3v) is 4.67. The highest BCUT2D eigenvalue weighted by Gasteiger charge is 2.30. The molecule has 7 nitrogen and oxygen atoms in total. The molecule has 3 unspecified atom stereocenters. The van der Waals surface area contributed by atoms with Crippen molar-refractivity contribution < 1.29 is 27.6 Å². The summed E-state index contributed by atoms with van der Waals surface area (Å²) in [5.74, 6) is 0.111. The van der Waals surface area contributed by atoms with Gasteiger partial charge in [0.15, 0.2) is 6.61 Å². The minimum absolute atomic E-state index is 0.260. The Labute approximate surface area is 167 Å². The van der Waals surface area contributed by atoms with Gasteiger partial charge in [-0.3, -0.25) is 14.9 Å². The van der Waals surface area contributed by atoms with Crippen LogP contribution in [0.5, 0.6) is 5.75 Å². The number of hydrogen-bond acceptors (Lipinski definition) is 5. The van der Waals surface area contributed by atoms with Crippen molar-refractivity contribution >= 4 is 11.6 Å². The summed E-state index contributed by atoms with van der Waals surface area (Å²) < 4.78 is 41.6. The third kappa shape index (κ3) is 7.19. The lowest BCUT2D eigenvalue weighted by Crippen LogP contribution is -2.47. The van der Waals surface area contributed by atoms with E-state index in [1.807, 2.05) is 0 Å². The highest BCUT2D eigenvalue weighted by molar-refractivity contribution is 5.98. The molecule has 1 aromatic rings. The van der Waals surface area contributed by atoms with Gasteiger partial charge in [-0.1, -0.05) is 13.8 Å². The zero-order chi connectivity index (χ0) is 21.8. The number of nitro groups is 1. The molecular weight excluding hydrogens is 391 g/mol. The Morgan fingerprint density at radius 2 is 1.97 bits per heavy atom. The van der Waals surface area contributed by atoms with Crippen molar-refractivity contribution in [1.82, 2.24) is 10.2 Å². The van der Waals surface area contributed by atoms with Gasteiger partial charge < -0.3 is 15.0 Å². The molecule has 1 saturated heterocycles. The average Bonchev–Trinajstić information content (AvgIpc) is 2.57. The lowest BCUT2D eigenvalue weighted by atomic mass is 9.92. The Morgan fingerprint density at radius 1 is 1.34 bits per heavy atom. The zero-order valence-electron chi connectivity index (χ0n) is 16.7. The van der Waals surface area contributed by atoms with E-state index in [4.69, 9.17) is 0 Å². The molecule has 1 heterocycles. The molecule has 1 N–H and O–H groups in total. The largest absolute Gasteiger partial charge is 0.484 e. The SMILES string of the molecule is CC1CC(C)CN(CC(C)NC(=O)c2cc(OCC(F)(F)F)ccc2[N+](=O)[O-])C1. The Kier molecular flexibility index (Phi) is 7.45. The second-order valence-electron chi connectivity index (χ2n) is 7.88. The number of rotatable bonds is 7. The number of nitrogens with zero attached hydrogens (tertiary/aromatic N) is 2. The number of halogens is 3. The Balaban J connectivity index is 2.08. The van der Waals surface area contributed by atoms with E-state index in [9.17, 15) is 28.1 Å². The molecule has 0 saturated carbocycles. The van der Waals surface area contributed by atoms with Gasteiger partial charge in [0.1, 0.15) is 11.3 Å². The number of ether oxygens (including phenoxy) is 1. The maximum absolute atomic E-state index is 12.6. The minimum atomic E-state index is -4.55. The smallest absolute Gasteiger partial charge is 0.422 e. The molecule has 1 amide bonds. The Morgan fingerprint density at radius 3 is 2.52 bits per heavy atom. The van der Waals surface area contributed by atoms with Crippen LogP contribution in [0.4, 0.5) is 18.9 Å². The summed E-state index contributed by atoms with van der Waals surface area (Å²) in [6.45, 7) is 6.98. The second-order valence-corrected chi connectivity index (χ2v) is 7.88. The molecule has 1 fully saturated rings. The summed E-state index contributed by atoms with van der Waals surface area (Å²) in [6, 6.07) is 2.69. The average molecular weight is 417 g/mol. The van der Waals surface area contributed by atoms with Crippen LogP contribution in [0.25, 0.3) is 0 Å². The quantitative estimate of drug-likeness (QED) is 0.541. The van der Waals surface area contributed by atoms with Crippen molar-refractivity contribution in [1.29, 1.82) is 0 Å². The molecule has 1 aliphatic heterocycles. The number of carbonyl (C=O) groups excluding carboxylic acids is 1. The normalized spacial score (nSPS) is 21.4. The maximum Gasteiger partial charge on any atom is 0.422 e. The molecule has 1 aliphatic rings. The van der Waals surface area contributed by atoms with Crippen LogP contribution >= 0.6 is 0 Å². The van der Waals surface area contributed by atoms with E-state index in [1.54, 1.807) is 6.92 Å². The van der Waals surface area contributed by atoms with E-state index < -0.39 is 29.3 Å². The highest BCUT2D eigenvalue weighted by Crippen LogP contribution is 2.26. The summed E-state index contributed by atoms with van der Waals surface area (Å²) in [5, 5.41) is 13.9. The minimum Gasteiger partial charge on any atom is -0.484 e. The number of alkyl halides is 3. The van der Waals surface area contributed by atoms with E-state index >= 15 is 0 Å². The van der Waals surface area contributed by atoms with Gasteiger partial charge in [-0.05, 0) is 37.3 Å². The first kappa shape index (κ1) is 22.9. The fourth-order valence-electron chi connectivity index (χ4n) is 3.79. The van der Waals surface area contributed by atoms with Crippen LogP contribution in [0.3, 0.4) is 0 Å². The number of carbonyl (C=O) groups is 1. The number of likely N-dealkylation sites (tertiary alicyclic amines) is 1. The summed E-state index contributed by atoms with van der Waals surface area (Å²) >= 11 is 0. The van der Waals surface area contributed by atoms with E-state index in [0.29, 0.717) is 18.4 Å². The summed E-state index contributed by atoms with van der Waals surface area (Å²) in [5.41, 5.74) is -0.823. The Bertz CT molecular complexity index is 732. The molecule has 0 aromatic heterocycles. The standard InChI is InChI=1S/C19H26F3N3O4/c1-12-6-13(2)9-24(8-12)10-14(3)23-18(26)16-7-15(29-11-19(20,21)22)4-5-17(16)25(27)28/h4-5,7,12-14H,6,8-11H2,1-3H3,(H,23,26). The van der Waals surface area contributed by atoms with Gasteiger partial charge in [0, 0.05) is 31.7 Å². The lowest BCUT2D eigenvalue weighted by Gasteiger charge is -2.36. The van der Waals surface area contributed by atoms with Crippen LogP contribution in [0.2, 0.25) is 0 Å². The van der Waals surface area contributed by atoms with Crippen LogP contribution in [0, 0.1) is 22.0 Å². The van der Waals surface area contributed by atoms with E-state index in [0.717, 1.165) is 37.7 Å². The summed E-state index contributed by atoms with van der Waals surface area (Å²) in [4.78, 5) is 25.3. The molecule has 10 heteroatoms. The fraction of sp³-hybridized carbons (Fsp3) is 0.632. The van der Waals surface area contributed by atoms with Crippen molar-refractivity contribution in [3.8, 4) is 5.75 Å². The number of amides is 1. The number of nitro benzene ring substituents is 1. The maximum atomic E-state index is 12.6. The van der Waals surface area contributed by atoms with Gasteiger partial charge in [0.25, 0.3) is 11.6 Å². The summed E-state index contributed by atoms with van der Waals surface area (Å²) in [7, 11) is 0. The van der Waals surface area contributed by atoms with Crippen LogP contribution in [0.15, 0.2) is 18.2 Å². The number of benzene rings is 1. The van der Waals surface area contributed by atoms with E-state index in [-0.39, 0.29) is 17.4 Å². The number of hydrogen-bond donors (Lipinski definition) is 1. The predicted molar refractivity (Wildman–Crippen MR) is 101 cm³/mol. The topological polar surface area (TPSA) is 84.7 Å². The van der Waals surface area contributed by atoms with Gasteiger partial charge in [-0.15, -0.1) is 0 Å². The van der Waals surface area contributed by atoms with Crippen LogP contribution in [-0.2, 0) is 0 Å². The van der Waals surface area contributed by atoms with E-state index in [1.165, 1.54) is 0 Å². The highest BCUT2D eigenvalue weighted by atomic mass is 19.4. The first-order valence-electron chi connectivity index (χ1n) is 9.45. The number of piperidine rings is 1. The third-order valence-electron chi connectivity index (χ3n) is 4.67. The molecule has 0 bridgehead atoms. The van der Waals surface area contributed by atoms with Gasteiger partial charge in [0.05, 0.1) is 4.92 Å². The van der Waals surface area contributed by atoms with E-state index in [2.05, 4.69) is 28.8 Å². The number of nitrogens with one attached hydrogen (secondary N) is 1. The van der Waals surface area contributed by atoms with Crippen LogP contribution in [-0.4, -0.2) is 54.2 Å². The van der Waals surface area contributed by atoms with Gasteiger partial charge in [-0.2, -0.15) is 13.2 Å². The van der Waals surface area contributed by atoms with Gasteiger partial charge in [-0.25, -0.2) is 0 Å². The molecule has 0 spiro atoms. The lowest BCUT2D eigenvalue weighted by molar-refractivity contribution is -0.385. The van der Waals surface area contributed by atoms with Crippen LogP contribution < -0.4 is 10.1 Å². The molecular formula is C19H26F3N3O4. The van der Waals surface area contributed by atoms with Crippen LogP contribution in [0.1, 0.15) is 37.6 Å². The first-order valence-corrected chi connectivity index (χ1v) is 9.45. The van der Waals surface area contributed by atoms with Crippen molar-refractivity contribution in [3.05, 3.63) is 33.9 Å². The molecule has 3 atom stereocenters.